The largest absolute Gasteiger partial charge is 0.345 e. The molecule has 0 aliphatic carbocycles. The van der Waals surface area contributed by atoms with Gasteiger partial charge in [0.05, 0.1) is 38.6 Å². The van der Waals surface area contributed by atoms with Gasteiger partial charge in [-0.3, -0.25) is 0 Å². The smallest absolute Gasteiger partial charge is 0.142 e. The number of aromatic nitrogens is 2. The highest BCUT2D eigenvalue weighted by molar-refractivity contribution is 7.17. The number of hydrogen-bond donors (Lipinski definition) is 1. The maximum atomic E-state index is 4.82. The van der Waals surface area contributed by atoms with Crippen molar-refractivity contribution < 1.29 is 4.90 Å². The van der Waals surface area contributed by atoms with Crippen molar-refractivity contribution in [1.29, 1.82) is 0 Å². The number of benzene rings is 1. The summed E-state index contributed by atoms with van der Waals surface area (Å²) in [5.74, 6) is 1.97. The molecule has 0 unspecified atom stereocenters. The molecule has 1 aliphatic heterocycles. The molecule has 1 aliphatic rings. The summed E-state index contributed by atoms with van der Waals surface area (Å²) in [6.45, 7) is 6.43. The van der Waals surface area contributed by atoms with E-state index < -0.39 is 0 Å². The fraction of sp³-hybridized carbons (Fsp3) is 0.333. The number of rotatable bonds is 2. The first-order valence-corrected chi connectivity index (χ1v) is 8.98. The Morgan fingerprint density at radius 1 is 1.09 bits per heavy atom. The number of fused-ring (bicyclic) bond motifs is 1. The Balaban J connectivity index is 1.87. The van der Waals surface area contributed by atoms with Gasteiger partial charge in [0.1, 0.15) is 16.5 Å². The van der Waals surface area contributed by atoms with E-state index in [1.165, 1.54) is 16.5 Å². The highest BCUT2D eigenvalue weighted by Crippen LogP contribution is 2.38. The van der Waals surface area contributed by atoms with E-state index in [1.54, 1.807) is 16.2 Å². The van der Waals surface area contributed by atoms with Crippen molar-refractivity contribution >= 4 is 27.4 Å². The summed E-state index contributed by atoms with van der Waals surface area (Å²) in [4.78, 5) is 14.6. The molecular formula is C18H21N4S+. The molecular weight excluding hydrogens is 304 g/mol. The molecule has 1 aromatic carbocycles. The Morgan fingerprint density at radius 3 is 2.57 bits per heavy atom. The zero-order valence-electron chi connectivity index (χ0n) is 13.5. The predicted molar refractivity (Wildman–Crippen MR) is 96.4 cm³/mol. The Hall–Kier alpha value is -1.98. The van der Waals surface area contributed by atoms with Crippen molar-refractivity contribution in [1.82, 2.24) is 9.97 Å². The molecule has 4 nitrogen and oxygen atoms in total. The van der Waals surface area contributed by atoms with Crippen molar-refractivity contribution in [3.63, 3.8) is 0 Å². The predicted octanol–water partition coefficient (Wildman–Crippen LogP) is 2.00. The van der Waals surface area contributed by atoms with E-state index in [4.69, 9.17) is 4.98 Å². The maximum Gasteiger partial charge on any atom is 0.142 e. The van der Waals surface area contributed by atoms with Gasteiger partial charge in [-0.1, -0.05) is 30.3 Å². The summed E-state index contributed by atoms with van der Waals surface area (Å²) in [6.07, 6.45) is 0. The van der Waals surface area contributed by atoms with Crippen molar-refractivity contribution in [2.24, 2.45) is 0 Å². The Morgan fingerprint density at radius 2 is 1.83 bits per heavy atom. The van der Waals surface area contributed by atoms with Crippen LogP contribution in [0, 0.1) is 6.92 Å². The van der Waals surface area contributed by atoms with E-state index >= 15 is 0 Å². The lowest BCUT2D eigenvalue weighted by molar-refractivity contribution is -0.880. The lowest BCUT2D eigenvalue weighted by Gasteiger charge is -2.31. The minimum Gasteiger partial charge on any atom is -0.345 e. The first kappa shape index (κ1) is 14.6. The lowest BCUT2D eigenvalue weighted by Crippen LogP contribution is -3.12. The van der Waals surface area contributed by atoms with E-state index in [-0.39, 0.29) is 0 Å². The molecule has 0 bridgehead atoms. The van der Waals surface area contributed by atoms with Crippen molar-refractivity contribution in [2.75, 3.05) is 38.1 Å². The number of piperazine rings is 1. The van der Waals surface area contributed by atoms with Gasteiger partial charge in [0.15, 0.2) is 0 Å². The van der Waals surface area contributed by atoms with Gasteiger partial charge in [0.2, 0.25) is 0 Å². The number of thiophene rings is 1. The van der Waals surface area contributed by atoms with Gasteiger partial charge < -0.3 is 9.80 Å². The summed E-state index contributed by atoms with van der Waals surface area (Å²) in [5, 5.41) is 3.44. The Labute approximate surface area is 140 Å². The second-order valence-corrected chi connectivity index (χ2v) is 7.09. The number of hydrogen-bond acceptors (Lipinski definition) is 4. The number of quaternary nitrogens is 1. The molecule has 2 aromatic heterocycles. The van der Waals surface area contributed by atoms with Gasteiger partial charge in [-0.25, -0.2) is 9.97 Å². The van der Waals surface area contributed by atoms with E-state index in [1.807, 2.05) is 6.92 Å². The van der Waals surface area contributed by atoms with Crippen molar-refractivity contribution in [2.45, 2.75) is 6.92 Å². The summed E-state index contributed by atoms with van der Waals surface area (Å²) >= 11 is 1.72. The average Bonchev–Trinajstić information content (AvgIpc) is 2.99. The SMILES string of the molecule is Cc1nc(N2CC[NH+](C)CC2)c2c(-c3ccccc3)csc2n1. The third-order valence-corrected chi connectivity index (χ3v) is 5.40. The van der Waals surface area contributed by atoms with Crippen LogP contribution in [0.25, 0.3) is 21.3 Å². The van der Waals surface area contributed by atoms with Crippen LogP contribution in [0.3, 0.4) is 0 Å². The molecule has 3 heterocycles. The van der Waals surface area contributed by atoms with Crippen molar-refractivity contribution in [3.05, 3.63) is 41.5 Å². The van der Waals surface area contributed by atoms with Gasteiger partial charge in [0, 0.05) is 10.9 Å². The summed E-state index contributed by atoms with van der Waals surface area (Å²) < 4.78 is 0. The maximum absolute atomic E-state index is 4.82. The van der Waals surface area contributed by atoms with E-state index in [2.05, 4.69) is 52.6 Å². The topological polar surface area (TPSA) is 33.5 Å². The molecule has 118 valence electrons. The number of aryl methyl sites for hydroxylation is 1. The third-order valence-electron chi connectivity index (χ3n) is 4.53. The van der Waals surface area contributed by atoms with Crippen LogP contribution in [0.4, 0.5) is 5.82 Å². The number of likely N-dealkylation sites (N-methyl/N-ethyl adjacent to an activating group) is 1. The van der Waals surface area contributed by atoms with Crippen LogP contribution in [0.1, 0.15) is 5.82 Å². The minimum absolute atomic E-state index is 0.861. The molecule has 1 N–H and O–H groups in total. The highest BCUT2D eigenvalue weighted by Gasteiger charge is 2.23. The molecule has 0 radical (unpaired) electrons. The summed E-state index contributed by atoms with van der Waals surface area (Å²) in [5.41, 5.74) is 2.50. The van der Waals surface area contributed by atoms with Gasteiger partial charge in [-0.2, -0.15) is 0 Å². The number of nitrogens with one attached hydrogen (secondary N) is 1. The highest BCUT2D eigenvalue weighted by atomic mass is 32.1. The minimum atomic E-state index is 0.861. The molecule has 1 saturated heterocycles. The van der Waals surface area contributed by atoms with Crippen LogP contribution >= 0.6 is 11.3 Å². The zero-order valence-corrected chi connectivity index (χ0v) is 14.4. The van der Waals surface area contributed by atoms with Gasteiger partial charge in [-0.05, 0) is 12.5 Å². The second-order valence-electron chi connectivity index (χ2n) is 6.23. The molecule has 5 heteroatoms. The van der Waals surface area contributed by atoms with Crippen molar-refractivity contribution in [3.8, 4) is 11.1 Å². The first-order valence-electron chi connectivity index (χ1n) is 8.10. The summed E-state index contributed by atoms with van der Waals surface area (Å²) in [7, 11) is 2.26. The second kappa shape index (κ2) is 5.91. The fourth-order valence-electron chi connectivity index (χ4n) is 3.19. The summed E-state index contributed by atoms with van der Waals surface area (Å²) in [6, 6.07) is 10.6. The van der Waals surface area contributed by atoms with E-state index in [9.17, 15) is 0 Å². The lowest BCUT2D eigenvalue weighted by atomic mass is 10.1. The third kappa shape index (κ3) is 2.71. The average molecular weight is 325 g/mol. The quantitative estimate of drug-likeness (QED) is 0.782. The van der Waals surface area contributed by atoms with Crippen LogP contribution in [-0.4, -0.2) is 43.2 Å². The van der Waals surface area contributed by atoms with Crippen LogP contribution in [0.2, 0.25) is 0 Å². The van der Waals surface area contributed by atoms with Crippen LogP contribution in [0.15, 0.2) is 35.7 Å². The Kier molecular flexibility index (Phi) is 3.75. The monoisotopic (exact) mass is 325 g/mol. The molecule has 0 saturated carbocycles. The molecule has 4 rings (SSSR count). The normalized spacial score (nSPS) is 16.2. The van der Waals surface area contributed by atoms with Crippen LogP contribution < -0.4 is 9.80 Å². The van der Waals surface area contributed by atoms with E-state index in [0.717, 1.165) is 42.7 Å². The van der Waals surface area contributed by atoms with Gasteiger partial charge in [-0.15, -0.1) is 11.3 Å². The number of anilines is 1. The molecule has 0 spiro atoms. The van der Waals surface area contributed by atoms with Crippen LogP contribution in [0.5, 0.6) is 0 Å². The van der Waals surface area contributed by atoms with Gasteiger partial charge in [0.25, 0.3) is 0 Å². The standard InChI is InChI=1S/C18H20N4S/c1-13-19-17(22-10-8-21(2)9-11-22)16-15(12-23-18(16)20-13)14-6-4-3-5-7-14/h3-7,12H,8-11H2,1-2H3/p+1. The molecule has 3 aromatic rings. The van der Waals surface area contributed by atoms with E-state index in [0.29, 0.717) is 0 Å². The Bertz CT molecular complexity index is 820. The zero-order chi connectivity index (χ0) is 15.8. The van der Waals surface area contributed by atoms with Gasteiger partial charge >= 0.3 is 0 Å². The molecule has 1 fully saturated rings. The molecule has 23 heavy (non-hydrogen) atoms. The molecule has 0 amide bonds. The first-order chi connectivity index (χ1) is 11.2. The number of nitrogens with zero attached hydrogens (tertiary/aromatic N) is 3. The molecule has 0 atom stereocenters. The fourth-order valence-corrected chi connectivity index (χ4v) is 4.17. The van der Waals surface area contributed by atoms with Crippen LogP contribution in [-0.2, 0) is 0 Å².